The van der Waals surface area contributed by atoms with Crippen LogP contribution in [0.2, 0.25) is 0 Å². The number of rotatable bonds is 3. The Balaban J connectivity index is 1.43. The molecule has 2 amide bonds. The molecule has 1 fully saturated rings. The minimum atomic E-state index is -0.0873. The molecule has 0 saturated carbocycles. The number of hydrogen-bond donors (Lipinski definition) is 1. The Bertz CT molecular complexity index is 1140. The summed E-state index contributed by atoms with van der Waals surface area (Å²) >= 11 is 1.60. The summed E-state index contributed by atoms with van der Waals surface area (Å²) in [5.74, 6) is 0.157. The number of amides is 2. The first-order valence-corrected chi connectivity index (χ1v) is 9.94. The number of carbonyl (C=O) groups excluding carboxylic acids is 2. The van der Waals surface area contributed by atoms with Gasteiger partial charge in [0.1, 0.15) is 5.75 Å². The van der Waals surface area contributed by atoms with E-state index >= 15 is 0 Å². The fraction of sp³-hybridized carbons (Fsp3) is 0.182. The minimum Gasteiger partial charge on any atom is -0.508 e. The fourth-order valence-electron chi connectivity index (χ4n) is 4.00. The Morgan fingerprint density at radius 1 is 1.18 bits per heavy atom. The van der Waals surface area contributed by atoms with Crippen molar-refractivity contribution in [1.29, 1.82) is 0 Å². The lowest BCUT2D eigenvalue weighted by molar-refractivity contribution is -0.132. The van der Waals surface area contributed by atoms with Gasteiger partial charge in [0.15, 0.2) is 0 Å². The number of likely N-dealkylation sites (tertiary alicyclic amines) is 1. The van der Waals surface area contributed by atoms with Crippen LogP contribution < -0.4 is 0 Å². The lowest BCUT2D eigenvalue weighted by Crippen LogP contribution is -2.60. The van der Waals surface area contributed by atoms with Crippen molar-refractivity contribution in [2.45, 2.75) is 12.6 Å². The highest BCUT2D eigenvalue weighted by Gasteiger charge is 2.41. The second kappa shape index (κ2) is 6.21. The number of nitrogens with zero attached hydrogens (tertiary/aromatic N) is 2. The van der Waals surface area contributed by atoms with Crippen molar-refractivity contribution in [3.05, 3.63) is 65.6 Å². The maximum absolute atomic E-state index is 12.9. The molecule has 0 atom stereocenters. The van der Waals surface area contributed by atoms with Gasteiger partial charge in [0.05, 0.1) is 18.2 Å². The van der Waals surface area contributed by atoms with E-state index in [1.165, 1.54) is 6.08 Å². The predicted molar refractivity (Wildman–Crippen MR) is 109 cm³/mol. The molecule has 1 N–H and O–H groups in total. The van der Waals surface area contributed by atoms with Gasteiger partial charge in [0.25, 0.3) is 5.91 Å². The summed E-state index contributed by atoms with van der Waals surface area (Å²) < 4.78 is 0. The number of fused-ring (bicyclic) bond motifs is 2. The standard InChI is InChI=1S/C22H18N2O3S/c1-2-21(26)23-10-14(11-23)24-12-20-18(22(24)27)9-19(28-20)17-8-15(25)7-13-5-3-4-6-16(13)17/h2-9,14,25H,1,10-12H2. The topological polar surface area (TPSA) is 60.9 Å². The number of phenolic OH excluding ortho intramolecular Hbond substituents is 1. The number of thiophene rings is 1. The van der Waals surface area contributed by atoms with Crippen molar-refractivity contribution in [3.8, 4) is 16.2 Å². The van der Waals surface area contributed by atoms with Gasteiger partial charge < -0.3 is 14.9 Å². The molecule has 3 aromatic rings. The Labute approximate surface area is 166 Å². The van der Waals surface area contributed by atoms with Crippen molar-refractivity contribution in [2.75, 3.05) is 13.1 Å². The molecule has 2 aliphatic heterocycles. The van der Waals surface area contributed by atoms with E-state index in [0.29, 0.717) is 19.6 Å². The van der Waals surface area contributed by atoms with Gasteiger partial charge in [0.2, 0.25) is 5.91 Å². The van der Waals surface area contributed by atoms with E-state index in [1.807, 2.05) is 35.2 Å². The third-order valence-electron chi connectivity index (χ3n) is 5.52. The van der Waals surface area contributed by atoms with Crippen LogP contribution in [0.4, 0.5) is 0 Å². The first-order chi connectivity index (χ1) is 13.5. The Morgan fingerprint density at radius 2 is 1.96 bits per heavy atom. The van der Waals surface area contributed by atoms with Crippen LogP contribution in [0.5, 0.6) is 5.75 Å². The summed E-state index contributed by atoms with van der Waals surface area (Å²) in [5, 5.41) is 12.1. The quantitative estimate of drug-likeness (QED) is 0.695. The molecule has 2 aliphatic rings. The third-order valence-corrected chi connectivity index (χ3v) is 6.67. The van der Waals surface area contributed by atoms with Crippen molar-refractivity contribution >= 4 is 33.9 Å². The molecule has 5 rings (SSSR count). The minimum absolute atomic E-state index is 0.0256. The Morgan fingerprint density at radius 3 is 2.71 bits per heavy atom. The normalized spacial score (nSPS) is 16.4. The molecular weight excluding hydrogens is 372 g/mol. The van der Waals surface area contributed by atoms with Crippen LogP contribution in [0.3, 0.4) is 0 Å². The van der Waals surface area contributed by atoms with E-state index in [0.717, 1.165) is 31.7 Å². The number of benzene rings is 2. The van der Waals surface area contributed by atoms with E-state index in [1.54, 1.807) is 28.4 Å². The molecule has 0 radical (unpaired) electrons. The summed E-state index contributed by atoms with van der Waals surface area (Å²) in [6.07, 6.45) is 1.31. The monoisotopic (exact) mass is 390 g/mol. The largest absolute Gasteiger partial charge is 0.508 e. The van der Waals surface area contributed by atoms with Gasteiger partial charge in [-0.1, -0.05) is 30.8 Å². The van der Waals surface area contributed by atoms with Crippen molar-refractivity contribution in [3.63, 3.8) is 0 Å². The van der Waals surface area contributed by atoms with Crippen LogP contribution >= 0.6 is 11.3 Å². The van der Waals surface area contributed by atoms with Crippen molar-refractivity contribution in [2.24, 2.45) is 0 Å². The van der Waals surface area contributed by atoms with E-state index in [2.05, 4.69) is 6.58 Å². The molecular formula is C22H18N2O3S. The van der Waals surface area contributed by atoms with E-state index < -0.39 is 0 Å². The van der Waals surface area contributed by atoms with Crippen LogP contribution in [-0.4, -0.2) is 45.9 Å². The second-order valence-corrected chi connectivity index (χ2v) is 8.33. The molecule has 28 heavy (non-hydrogen) atoms. The van der Waals surface area contributed by atoms with Gasteiger partial charge in [-0.25, -0.2) is 0 Å². The third kappa shape index (κ3) is 2.52. The number of phenols is 1. The zero-order valence-electron chi connectivity index (χ0n) is 15.1. The van der Waals surface area contributed by atoms with Gasteiger partial charge in [-0.15, -0.1) is 11.3 Å². The van der Waals surface area contributed by atoms with Gasteiger partial charge in [-0.2, -0.15) is 0 Å². The molecule has 5 nitrogen and oxygen atoms in total. The molecule has 0 unspecified atom stereocenters. The fourth-order valence-corrected chi connectivity index (χ4v) is 5.18. The molecule has 1 saturated heterocycles. The molecule has 0 aliphatic carbocycles. The van der Waals surface area contributed by atoms with Crippen molar-refractivity contribution < 1.29 is 14.7 Å². The molecule has 6 heteroatoms. The van der Waals surface area contributed by atoms with Crippen LogP contribution in [0.1, 0.15) is 15.2 Å². The average Bonchev–Trinajstić information content (AvgIpc) is 3.19. The van der Waals surface area contributed by atoms with Crippen LogP contribution in [-0.2, 0) is 11.3 Å². The van der Waals surface area contributed by atoms with Crippen LogP contribution in [0.25, 0.3) is 21.2 Å². The highest BCUT2D eigenvalue weighted by Crippen LogP contribution is 2.41. The lowest BCUT2D eigenvalue weighted by Gasteiger charge is -2.43. The summed E-state index contributed by atoms with van der Waals surface area (Å²) in [5.41, 5.74) is 1.68. The number of carbonyl (C=O) groups is 2. The van der Waals surface area contributed by atoms with E-state index in [9.17, 15) is 14.7 Å². The van der Waals surface area contributed by atoms with Gasteiger partial charge >= 0.3 is 0 Å². The highest BCUT2D eigenvalue weighted by atomic mass is 32.1. The zero-order chi connectivity index (χ0) is 19.4. The summed E-state index contributed by atoms with van der Waals surface area (Å²) in [6.45, 7) is 5.21. The molecule has 0 spiro atoms. The molecule has 140 valence electrons. The molecule has 3 heterocycles. The zero-order valence-corrected chi connectivity index (χ0v) is 15.9. The summed E-state index contributed by atoms with van der Waals surface area (Å²) in [4.78, 5) is 30.1. The second-order valence-electron chi connectivity index (χ2n) is 7.20. The van der Waals surface area contributed by atoms with Crippen LogP contribution in [0, 0.1) is 0 Å². The molecule has 0 bridgehead atoms. The van der Waals surface area contributed by atoms with E-state index in [4.69, 9.17) is 0 Å². The van der Waals surface area contributed by atoms with Crippen molar-refractivity contribution in [1.82, 2.24) is 9.80 Å². The summed E-state index contributed by atoms with van der Waals surface area (Å²) in [6, 6.07) is 13.4. The van der Waals surface area contributed by atoms with Crippen LogP contribution in [0.15, 0.2) is 55.1 Å². The van der Waals surface area contributed by atoms with Gasteiger partial charge in [0, 0.05) is 28.4 Å². The average molecular weight is 390 g/mol. The first kappa shape index (κ1) is 17.0. The molecule has 2 aromatic carbocycles. The maximum atomic E-state index is 12.9. The van der Waals surface area contributed by atoms with Gasteiger partial charge in [-0.3, -0.25) is 9.59 Å². The Hall–Kier alpha value is -3.12. The first-order valence-electron chi connectivity index (χ1n) is 9.12. The Kier molecular flexibility index (Phi) is 3.77. The molecule has 1 aromatic heterocycles. The SMILES string of the molecule is C=CC(=O)N1CC(N2Cc3sc(-c4cc(O)cc5ccccc45)cc3C2=O)C1. The predicted octanol–water partition coefficient (Wildman–Crippen LogP) is 3.63. The van der Waals surface area contributed by atoms with E-state index in [-0.39, 0.29) is 23.6 Å². The number of hydrogen-bond acceptors (Lipinski definition) is 4. The van der Waals surface area contributed by atoms with Gasteiger partial charge in [-0.05, 0) is 35.0 Å². The lowest BCUT2D eigenvalue weighted by atomic mass is 10.0. The number of aromatic hydroxyl groups is 1. The summed E-state index contributed by atoms with van der Waals surface area (Å²) in [7, 11) is 0. The smallest absolute Gasteiger partial charge is 0.255 e. The maximum Gasteiger partial charge on any atom is 0.255 e. The highest BCUT2D eigenvalue weighted by molar-refractivity contribution is 7.16.